The molecule has 0 saturated carbocycles. The molecule has 2 N–H and O–H groups in total. The van der Waals surface area contributed by atoms with Gasteiger partial charge in [-0.3, -0.25) is 15.0 Å². The Labute approximate surface area is 153 Å². The molecule has 2 aromatic rings. The predicted molar refractivity (Wildman–Crippen MR) is 102 cm³/mol. The number of nitrogens with zero attached hydrogens (tertiary/aromatic N) is 2. The maximum Gasteiger partial charge on any atom is 0.292 e. The quantitative estimate of drug-likeness (QED) is 0.588. The minimum absolute atomic E-state index is 0.0504. The molecule has 2 unspecified atom stereocenters. The number of benzene rings is 2. The van der Waals surface area contributed by atoms with Crippen LogP contribution in [-0.2, 0) is 13.2 Å². The normalized spacial score (nSPS) is 20.2. The van der Waals surface area contributed by atoms with Crippen LogP contribution in [0.25, 0.3) is 0 Å². The van der Waals surface area contributed by atoms with Gasteiger partial charge in [-0.1, -0.05) is 30.3 Å². The average molecular weight is 355 g/mol. The minimum atomic E-state index is -0.386. The molecule has 1 aliphatic heterocycles. The lowest BCUT2D eigenvalue weighted by molar-refractivity contribution is -0.384. The molecule has 1 fully saturated rings. The second kappa shape index (κ2) is 8.29. The van der Waals surface area contributed by atoms with Crippen molar-refractivity contribution in [3.63, 3.8) is 0 Å². The Bertz CT molecular complexity index is 751. The molecule has 0 radical (unpaired) electrons. The summed E-state index contributed by atoms with van der Waals surface area (Å²) in [6, 6.07) is 15.6. The Balaban J connectivity index is 1.61. The number of nitrogens with one attached hydrogen (secondary N) is 1. The highest BCUT2D eigenvalue weighted by atomic mass is 16.6. The molecule has 0 aliphatic carbocycles. The van der Waals surface area contributed by atoms with E-state index in [2.05, 4.69) is 41.4 Å². The third-order valence-corrected chi connectivity index (χ3v) is 5.04. The molecular formula is C20H25N3O3. The van der Waals surface area contributed by atoms with Gasteiger partial charge < -0.3 is 10.4 Å². The summed E-state index contributed by atoms with van der Waals surface area (Å²) in [6.07, 6.45) is 1.06. The van der Waals surface area contributed by atoms with E-state index in [9.17, 15) is 15.2 Å². The Morgan fingerprint density at radius 2 is 2.00 bits per heavy atom. The first kappa shape index (κ1) is 18.4. The zero-order valence-corrected chi connectivity index (χ0v) is 15.0. The van der Waals surface area contributed by atoms with Crippen molar-refractivity contribution in [1.29, 1.82) is 0 Å². The maximum atomic E-state index is 11.2. The summed E-state index contributed by atoms with van der Waals surface area (Å²) in [4.78, 5) is 13.3. The van der Waals surface area contributed by atoms with E-state index in [0.29, 0.717) is 29.8 Å². The highest BCUT2D eigenvalue weighted by Gasteiger charge is 2.29. The molecule has 0 aromatic heterocycles. The Hall–Kier alpha value is -2.44. The van der Waals surface area contributed by atoms with E-state index in [0.717, 1.165) is 19.5 Å². The summed E-state index contributed by atoms with van der Waals surface area (Å²) in [5, 5.41) is 23.7. The van der Waals surface area contributed by atoms with E-state index < -0.39 is 0 Å². The van der Waals surface area contributed by atoms with Crippen molar-refractivity contribution in [1.82, 2.24) is 4.90 Å². The van der Waals surface area contributed by atoms with Crippen molar-refractivity contribution in [3.8, 4) is 0 Å². The summed E-state index contributed by atoms with van der Waals surface area (Å²) in [7, 11) is 0. The van der Waals surface area contributed by atoms with Crippen molar-refractivity contribution >= 4 is 11.4 Å². The number of likely N-dealkylation sites (tertiary alicyclic amines) is 1. The van der Waals surface area contributed by atoms with Gasteiger partial charge in [-0.05, 0) is 42.5 Å². The molecule has 0 spiro atoms. The number of rotatable bonds is 7. The van der Waals surface area contributed by atoms with Crippen LogP contribution in [0.1, 0.15) is 24.5 Å². The van der Waals surface area contributed by atoms with Crippen LogP contribution in [0.2, 0.25) is 0 Å². The average Bonchev–Trinajstić information content (AvgIpc) is 3.00. The fourth-order valence-electron chi connectivity index (χ4n) is 3.64. The summed E-state index contributed by atoms with van der Waals surface area (Å²) in [6.45, 7) is 4.69. The molecule has 2 atom stereocenters. The van der Waals surface area contributed by atoms with Crippen LogP contribution in [0.5, 0.6) is 0 Å². The van der Waals surface area contributed by atoms with Crippen molar-refractivity contribution in [2.75, 3.05) is 18.4 Å². The minimum Gasteiger partial charge on any atom is -0.392 e. The number of aliphatic hydroxyl groups is 1. The molecular weight excluding hydrogens is 330 g/mol. The van der Waals surface area contributed by atoms with E-state index in [-0.39, 0.29) is 17.2 Å². The van der Waals surface area contributed by atoms with Crippen molar-refractivity contribution < 1.29 is 10.0 Å². The largest absolute Gasteiger partial charge is 0.392 e. The fraction of sp³-hybridized carbons (Fsp3) is 0.400. The van der Waals surface area contributed by atoms with Crippen LogP contribution in [-0.4, -0.2) is 34.1 Å². The van der Waals surface area contributed by atoms with E-state index in [1.165, 1.54) is 11.6 Å². The maximum absolute atomic E-state index is 11.2. The number of aliphatic hydroxyl groups excluding tert-OH is 1. The fourth-order valence-corrected chi connectivity index (χ4v) is 3.64. The molecule has 3 rings (SSSR count). The number of nitro benzene ring substituents is 1. The number of nitro groups is 1. The summed E-state index contributed by atoms with van der Waals surface area (Å²) < 4.78 is 0. The first-order valence-corrected chi connectivity index (χ1v) is 8.97. The summed E-state index contributed by atoms with van der Waals surface area (Å²) >= 11 is 0. The molecule has 6 nitrogen and oxygen atoms in total. The van der Waals surface area contributed by atoms with Gasteiger partial charge in [-0.2, -0.15) is 0 Å². The number of anilines is 1. The van der Waals surface area contributed by atoms with Gasteiger partial charge in [0.2, 0.25) is 0 Å². The Morgan fingerprint density at radius 3 is 2.69 bits per heavy atom. The van der Waals surface area contributed by atoms with E-state index in [1.54, 1.807) is 12.1 Å². The zero-order chi connectivity index (χ0) is 18.5. The standard InChI is InChI=1S/C20H25N3O3/c1-15-9-18(13-22(15)12-16-5-3-2-4-6-16)11-21-19-10-17(14-24)7-8-20(19)23(25)26/h2-8,10,15,18,21,24H,9,11-14H2,1H3. The molecule has 26 heavy (non-hydrogen) atoms. The molecule has 6 heteroatoms. The van der Waals surface area contributed by atoms with E-state index in [1.807, 2.05) is 6.07 Å². The van der Waals surface area contributed by atoms with Gasteiger partial charge in [0.1, 0.15) is 5.69 Å². The van der Waals surface area contributed by atoms with Gasteiger partial charge in [-0.15, -0.1) is 0 Å². The Kier molecular flexibility index (Phi) is 5.85. The van der Waals surface area contributed by atoms with Gasteiger partial charge in [0.05, 0.1) is 11.5 Å². The number of hydrogen-bond acceptors (Lipinski definition) is 5. The third-order valence-electron chi connectivity index (χ3n) is 5.04. The predicted octanol–water partition coefficient (Wildman–Crippen LogP) is 3.41. The van der Waals surface area contributed by atoms with Crippen LogP contribution < -0.4 is 5.32 Å². The van der Waals surface area contributed by atoms with Gasteiger partial charge in [0.15, 0.2) is 0 Å². The van der Waals surface area contributed by atoms with E-state index >= 15 is 0 Å². The van der Waals surface area contributed by atoms with Gasteiger partial charge in [0.25, 0.3) is 5.69 Å². The lowest BCUT2D eigenvalue weighted by atomic mass is 10.1. The lowest BCUT2D eigenvalue weighted by Crippen LogP contribution is -2.27. The SMILES string of the molecule is CC1CC(CNc2cc(CO)ccc2[N+](=O)[O-])CN1Cc1ccccc1. The number of hydrogen-bond donors (Lipinski definition) is 2. The molecule has 1 heterocycles. The highest BCUT2D eigenvalue weighted by molar-refractivity contribution is 5.62. The summed E-state index contributed by atoms with van der Waals surface area (Å²) in [5.41, 5.74) is 2.51. The van der Waals surface area contributed by atoms with Crippen molar-refractivity contribution in [2.24, 2.45) is 5.92 Å². The van der Waals surface area contributed by atoms with Gasteiger partial charge in [-0.25, -0.2) is 0 Å². The van der Waals surface area contributed by atoms with Crippen LogP contribution in [0.15, 0.2) is 48.5 Å². The third kappa shape index (κ3) is 4.39. The smallest absolute Gasteiger partial charge is 0.292 e. The van der Waals surface area contributed by atoms with Crippen molar-refractivity contribution in [2.45, 2.75) is 32.5 Å². The molecule has 1 aliphatic rings. The molecule has 0 amide bonds. The monoisotopic (exact) mass is 355 g/mol. The molecule has 1 saturated heterocycles. The van der Waals surface area contributed by atoms with Crippen LogP contribution >= 0.6 is 0 Å². The molecule has 0 bridgehead atoms. The van der Waals surface area contributed by atoms with Gasteiger partial charge >= 0.3 is 0 Å². The Morgan fingerprint density at radius 1 is 1.23 bits per heavy atom. The second-order valence-electron chi connectivity index (χ2n) is 7.01. The van der Waals surface area contributed by atoms with Crippen LogP contribution in [0, 0.1) is 16.0 Å². The second-order valence-corrected chi connectivity index (χ2v) is 7.01. The van der Waals surface area contributed by atoms with E-state index in [4.69, 9.17) is 0 Å². The van der Waals surface area contributed by atoms with Crippen LogP contribution in [0.4, 0.5) is 11.4 Å². The first-order chi connectivity index (χ1) is 12.6. The lowest BCUT2D eigenvalue weighted by Gasteiger charge is -2.21. The van der Waals surface area contributed by atoms with Gasteiger partial charge in [0, 0.05) is 31.7 Å². The molecule has 138 valence electrons. The van der Waals surface area contributed by atoms with Crippen LogP contribution in [0.3, 0.4) is 0 Å². The first-order valence-electron chi connectivity index (χ1n) is 8.97. The zero-order valence-electron chi connectivity index (χ0n) is 15.0. The summed E-state index contributed by atoms with van der Waals surface area (Å²) in [5.74, 6) is 0.436. The van der Waals surface area contributed by atoms with Crippen molar-refractivity contribution in [3.05, 3.63) is 69.8 Å². The molecule has 2 aromatic carbocycles. The highest BCUT2D eigenvalue weighted by Crippen LogP contribution is 2.29. The topological polar surface area (TPSA) is 78.6 Å².